The summed E-state index contributed by atoms with van der Waals surface area (Å²) < 4.78 is 0. The highest BCUT2D eigenvalue weighted by molar-refractivity contribution is 8.15. The second-order valence-electron chi connectivity index (χ2n) is 4.32. The lowest BCUT2D eigenvalue weighted by molar-refractivity contribution is -0.116. The third-order valence-corrected chi connectivity index (χ3v) is 5.22. The van der Waals surface area contributed by atoms with E-state index < -0.39 is 11.2 Å². The zero-order chi connectivity index (χ0) is 14.2. The SMILES string of the molecule is CC(=O)[C@@H]1SC(=N)[C@@H](C#N)[C@H]1c1ccc(Cl)c(Cl)c1. The highest BCUT2D eigenvalue weighted by Crippen LogP contribution is 2.46. The molecule has 0 saturated carbocycles. The summed E-state index contributed by atoms with van der Waals surface area (Å²) in [6.07, 6.45) is 0. The maximum atomic E-state index is 11.7. The van der Waals surface area contributed by atoms with Gasteiger partial charge in [0, 0.05) is 5.92 Å². The summed E-state index contributed by atoms with van der Waals surface area (Å²) in [4.78, 5) is 11.7. The maximum Gasteiger partial charge on any atom is 0.143 e. The van der Waals surface area contributed by atoms with Gasteiger partial charge in [0.15, 0.2) is 0 Å². The fraction of sp³-hybridized carbons (Fsp3) is 0.308. The first-order valence-corrected chi connectivity index (χ1v) is 7.19. The molecule has 0 spiro atoms. The number of rotatable bonds is 2. The van der Waals surface area contributed by atoms with Gasteiger partial charge in [-0.3, -0.25) is 10.2 Å². The molecule has 3 atom stereocenters. The topological polar surface area (TPSA) is 64.7 Å². The monoisotopic (exact) mass is 312 g/mol. The predicted molar refractivity (Wildman–Crippen MR) is 78.1 cm³/mol. The Morgan fingerprint density at radius 3 is 2.63 bits per heavy atom. The number of carbonyl (C=O) groups is 1. The van der Waals surface area contributed by atoms with Crippen molar-refractivity contribution in [2.75, 3.05) is 0 Å². The number of hydrogen-bond acceptors (Lipinski definition) is 4. The molecule has 1 aliphatic heterocycles. The Labute approximate surface area is 125 Å². The standard InChI is InChI=1S/C13H10Cl2N2OS/c1-6(18)12-11(8(5-16)13(17)19-12)7-2-3-9(14)10(15)4-7/h2-4,8,11-12,17H,1H3/t8-,11+,12-/m0/s1. The molecule has 0 bridgehead atoms. The van der Waals surface area contributed by atoms with E-state index in [0.29, 0.717) is 10.0 Å². The highest BCUT2D eigenvalue weighted by atomic mass is 35.5. The van der Waals surface area contributed by atoms with Gasteiger partial charge >= 0.3 is 0 Å². The van der Waals surface area contributed by atoms with E-state index in [9.17, 15) is 10.1 Å². The number of hydrogen-bond donors (Lipinski definition) is 1. The third kappa shape index (κ3) is 2.64. The number of thioether (sulfide) groups is 1. The van der Waals surface area contributed by atoms with Crippen LogP contribution in [0.2, 0.25) is 10.0 Å². The number of nitrogens with zero attached hydrogens (tertiary/aromatic N) is 1. The summed E-state index contributed by atoms with van der Waals surface area (Å²) in [5, 5.41) is 17.7. The summed E-state index contributed by atoms with van der Waals surface area (Å²) in [6, 6.07) is 7.19. The minimum Gasteiger partial charge on any atom is -0.299 e. The van der Waals surface area contributed by atoms with Gasteiger partial charge in [-0.2, -0.15) is 5.26 Å². The Kier molecular flexibility index (Phi) is 4.19. The van der Waals surface area contributed by atoms with Gasteiger partial charge in [0.05, 0.1) is 26.4 Å². The van der Waals surface area contributed by atoms with Crippen molar-refractivity contribution in [1.82, 2.24) is 0 Å². The van der Waals surface area contributed by atoms with Gasteiger partial charge in [-0.25, -0.2) is 0 Å². The van der Waals surface area contributed by atoms with Crippen molar-refractivity contribution in [3.8, 4) is 6.07 Å². The second kappa shape index (κ2) is 5.54. The largest absolute Gasteiger partial charge is 0.299 e. The molecule has 1 heterocycles. The molecule has 1 fully saturated rings. The lowest BCUT2D eigenvalue weighted by Crippen LogP contribution is -2.22. The molecule has 0 amide bonds. The Hall–Kier alpha value is -1.02. The van der Waals surface area contributed by atoms with Crippen LogP contribution in [0.4, 0.5) is 0 Å². The first-order chi connectivity index (χ1) is 8.95. The van der Waals surface area contributed by atoms with Crippen LogP contribution in [0.5, 0.6) is 0 Å². The summed E-state index contributed by atoms with van der Waals surface area (Å²) in [5.41, 5.74) is 0.774. The van der Waals surface area contributed by atoms with E-state index in [1.807, 2.05) is 0 Å². The Morgan fingerprint density at radius 1 is 1.42 bits per heavy atom. The zero-order valence-electron chi connectivity index (χ0n) is 9.98. The van der Waals surface area contributed by atoms with E-state index in [4.69, 9.17) is 28.6 Å². The van der Waals surface area contributed by atoms with E-state index in [-0.39, 0.29) is 16.7 Å². The van der Waals surface area contributed by atoms with E-state index in [2.05, 4.69) is 6.07 Å². The van der Waals surface area contributed by atoms with E-state index in [1.54, 1.807) is 18.2 Å². The van der Waals surface area contributed by atoms with Crippen molar-refractivity contribution in [3.05, 3.63) is 33.8 Å². The minimum absolute atomic E-state index is 0.0384. The van der Waals surface area contributed by atoms with Crippen LogP contribution in [-0.2, 0) is 4.79 Å². The molecule has 0 radical (unpaired) electrons. The van der Waals surface area contributed by atoms with Gasteiger partial charge in [0.1, 0.15) is 11.7 Å². The van der Waals surface area contributed by atoms with E-state index >= 15 is 0 Å². The van der Waals surface area contributed by atoms with Crippen molar-refractivity contribution in [2.24, 2.45) is 5.92 Å². The smallest absolute Gasteiger partial charge is 0.143 e. The Morgan fingerprint density at radius 2 is 2.11 bits per heavy atom. The third-order valence-electron chi connectivity index (χ3n) is 3.09. The summed E-state index contributed by atoms with van der Waals surface area (Å²) >= 11 is 13.0. The Balaban J connectivity index is 2.48. The first-order valence-electron chi connectivity index (χ1n) is 5.55. The van der Waals surface area contributed by atoms with Crippen molar-refractivity contribution in [3.63, 3.8) is 0 Å². The zero-order valence-corrected chi connectivity index (χ0v) is 12.3. The van der Waals surface area contributed by atoms with Crippen LogP contribution in [0.1, 0.15) is 18.4 Å². The first kappa shape index (κ1) is 14.4. The fourth-order valence-electron chi connectivity index (χ4n) is 2.18. The molecular formula is C13H10Cl2N2OS. The molecule has 6 heteroatoms. The van der Waals surface area contributed by atoms with Crippen LogP contribution in [0, 0.1) is 22.7 Å². The van der Waals surface area contributed by atoms with Crippen LogP contribution in [0.15, 0.2) is 18.2 Å². The van der Waals surface area contributed by atoms with Crippen molar-refractivity contribution in [1.29, 1.82) is 10.7 Å². The molecule has 3 nitrogen and oxygen atoms in total. The van der Waals surface area contributed by atoms with Crippen LogP contribution >= 0.6 is 35.0 Å². The molecule has 98 valence electrons. The van der Waals surface area contributed by atoms with Gasteiger partial charge in [-0.15, -0.1) is 0 Å². The van der Waals surface area contributed by atoms with Gasteiger partial charge in [0.2, 0.25) is 0 Å². The maximum absolute atomic E-state index is 11.7. The average molecular weight is 313 g/mol. The number of nitriles is 1. The van der Waals surface area contributed by atoms with E-state index in [0.717, 1.165) is 17.3 Å². The van der Waals surface area contributed by atoms with Crippen LogP contribution in [0.25, 0.3) is 0 Å². The number of benzene rings is 1. The minimum atomic E-state index is -0.601. The quantitative estimate of drug-likeness (QED) is 0.900. The van der Waals surface area contributed by atoms with Crippen LogP contribution < -0.4 is 0 Å². The van der Waals surface area contributed by atoms with Gasteiger partial charge in [0.25, 0.3) is 0 Å². The summed E-state index contributed by atoms with van der Waals surface area (Å²) in [7, 11) is 0. The average Bonchev–Trinajstić information content (AvgIpc) is 2.69. The lowest BCUT2D eigenvalue weighted by atomic mass is 9.84. The molecule has 1 aromatic rings. The second-order valence-corrected chi connectivity index (χ2v) is 6.32. The lowest BCUT2D eigenvalue weighted by Gasteiger charge is -2.18. The van der Waals surface area contributed by atoms with Crippen LogP contribution in [-0.4, -0.2) is 16.1 Å². The molecule has 0 unspecified atom stereocenters. The number of halogens is 2. The van der Waals surface area contributed by atoms with Crippen molar-refractivity contribution in [2.45, 2.75) is 18.1 Å². The molecule has 19 heavy (non-hydrogen) atoms. The molecule has 1 N–H and O–H groups in total. The van der Waals surface area contributed by atoms with Gasteiger partial charge in [-0.05, 0) is 24.6 Å². The molecular weight excluding hydrogens is 303 g/mol. The molecule has 0 aromatic heterocycles. The normalized spacial score (nSPS) is 26.2. The van der Waals surface area contributed by atoms with Crippen molar-refractivity contribution < 1.29 is 4.79 Å². The van der Waals surface area contributed by atoms with Gasteiger partial charge in [-0.1, -0.05) is 41.0 Å². The number of Topliss-reactive ketones (excluding diaryl/α,β-unsaturated/α-hetero) is 1. The molecule has 1 aromatic carbocycles. The number of nitrogens with one attached hydrogen (secondary N) is 1. The molecule has 2 rings (SSSR count). The Bertz CT molecular complexity index is 597. The molecule has 0 aliphatic carbocycles. The number of ketones is 1. The van der Waals surface area contributed by atoms with Crippen molar-refractivity contribution >= 4 is 45.8 Å². The summed E-state index contributed by atoms with van der Waals surface area (Å²) in [6.45, 7) is 1.48. The predicted octanol–water partition coefficient (Wildman–Crippen LogP) is 3.90. The fourth-order valence-corrected chi connectivity index (χ4v) is 3.74. The molecule has 1 saturated heterocycles. The van der Waals surface area contributed by atoms with Crippen LogP contribution in [0.3, 0.4) is 0 Å². The molecule has 1 aliphatic rings. The summed E-state index contributed by atoms with van der Waals surface area (Å²) in [5.74, 6) is -0.977. The number of carbonyl (C=O) groups excluding carboxylic acids is 1. The highest BCUT2D eigenvalue weighted by Gasteiger charge is 2.44. The van der Waals surface area contributed by atoms with Gasteiger partial charge < -0.3 is 0 Å². The van der Waals surface area contributed by atoms with E-state index in [1.165, 1.54) is 6.92 Å².